The summed E-state index contributed by atoms with van der Waals surface area (Å²) < 4.78 is 0. The monoisotopic (exact) mass is 296 g/mol. The van der Waals surface area contributed by atoms with Crippen molar-refractivity contribution >= 4 is 12.0 Å². The lowest BCUT2D eigenvalue weighted by atomic mass is 10.0. The molecule has 1 aromatic rings. The zero-order valence-corrected chi connectivity index (χ0v) is 11.8. The normalized spacial score (nSPS) is 21.0. The number of rotatable bonds is 5. The number of aromatic nitrogens is 2. The second-order valence-electron chi connectivity index (χ2n) is 5.36. The molecule has 0 spiro atoms. The maximum atomic E-state index is 12.1. The minimum absolute atomic E-state index is 0.0478. The maximum Gasteiger partial charge on any atom is 0.326 e. The summed E-state index contributed by atoms with van der Waals surface area (Å²) in [5, 5.41) is 21.2. The third-order valence-electron chi connectivity index (χ3n) is 3.77. The number of hydrogen-bond donors (Lipinski definition) is 4. The van der Waals surface area contributed by atoms with Gasteiger partial charge in [0.25, 0.3) is 0 Å². The van der Waals surface area contributed by atoms with Gasteiger partial charge in [0.2, 0.25) is 0 Å². The summed E-state index contributed by atoms with van der Waals surface area (Å²) in [6.07, 6.45) is 3.40. The first kappa shape index (κ1) is 15.3. The molecule has 0 bridgehead atoms. The van der Waals surface area contributed by atoms with E-state index in [9.17, 15) is 19.8 Å². The van der Waals surface area contributed by atoms with Crippen LogP contribution >= 0.6 is 0 Å². The predicted molar refractivity (Wildman–Crippen MR) is 73.6 cm³/mol. The second-order valence-corrected chi connectivity index (χ2v) is 5.36. The third-order valence-corrected chi connectivity index (χ3v) is 3.77. The van der Waals surface area contributed by atoms with Crippen molar-refractivity contribution < 1.29 is 19.8 Å². The molecule has 1 fully saturated rings. The number of nitrogens with zero attached hydrogens (tertiary/aromatic N) is 2. The van der Waals surface area contributed by atoms with Crippen LogP contribution < -0.4 is 5.32 Å². The fraction of sp³-hybridized carbons (Fsp3) is 0.615. The number of carboxylic acids is 1. The topological polar surface area (TPSA) is 119 Å². The number of H-pyrrole nitrogens is 1. The Labute approximate surface area is 122 Å². The van der Waals surface area contributed by atoms with Crippen molar-refractivity contribution in [2.75, 3.05) is 13.1 Å². The molecule has 1 saturated heterocycles. The Bertz CT molecular complexity index is 488. The van der Waals surface area contributed by atoms with Crippen LogP contribution in [-0.2, 0) is 11.2 Å². The molecule has 0 radical (unpaired) electrons. The van der Waals surface area contributed by atoms with Gasteiger partial charge < -0.3 is 25.4 Å². The van der Waals surface area contributed by atoms with Gasteiger partial charge in [0.05, 0.1) is 12.4 Å². The third kappa shape index (κ3) is 3.94. The van der Waals surface area contributed by atoms with E-state index in [1.165, 1.54) is 12.5 Å². The number of likely N-dealkylation sites (tertiary alicyclic amines) is 1. The lowest BCUT2D eigenvalue weighted by Gasteiger charge is -2.21. The van der Waals surface area contributed by atoms with Gasteiger partial charge in [-0.3, -0.25) is 0 Å². The molecular weight excluding hydrogens is 276 g/mol. The van der Waals surface area contributed by atoms with Gasteiger partial charge in [-0.25, -0.2) is 14.6 Å². The highest BCUT2D eigenvalue weighted by Gasteiger charge is 2.31. The van der Waals surface area contributed by atoms with Crippen LogP contribution in [0, 0.1) is 5.92 Å². The molecular formula is C13H20N4O4. The average molecular weight is 296 g/mol. The molecule has 2 amide bonds. The largest absolute Gasteiger partial charge is 0.480 e. The van der Waals surface area contributed by atoms with Crippen LogP contribution in [0.15, 0.2) is 12.5 Å². The highest BCUT2D eigenvalue weighted by molar-refractivity contribution is 5.82. The Hall–Kier alpha value is -2.09. The van der Waals surface area contributed by atoms with Gasteiger partial charge in [-0.15, -0.1) is 0 Å². The van der Waals surface area contributed by atoms with Crippen LogP contribution in [-0.4, -0.2) is 62.3 Å². The number of carbonyl (C=O) groups is 2. The molecule has 0 saturated carbocycles. The molecule has 1 aliphatic heterocycles. The maximum absolute atomic E-state index is 12.1. The van der Waals surface area contributed by atoms with Crippen LogP contribution in [0.25, 0.3) is 0 Å². The van der Waals surface area contributed by atoms with Crippen LogP contribution in [0.3, 0.4) is 0 Å². The Morgan fingerprint density at radius 3 is 2.90 bits per heavy atom. The van der Waals surface area contributed by atoms with Gasteiger partial charge in [-0.2, -0.15) is 0 Å². The van der Waals surface area contributed by atoms with Crippen molar-refractivity contribution in [3.05, 3.63) is 18.2 Å². The number of amides is 2. The molecule has 0 aromatic carbocycles. The number of carboxylic acid groups (broad SMARTS) is 1. The van der Waals surface area contributed by atoms with Gasteiger partial charge in [0.1, 0.15) is 6.04 Å². The summed E-state index contributed by atoms with van der Waals surface area (Å²) in [5.74, 6) is -1.05. The van der Waals surface area contributed by atoms with Crippen molar-refractivity contribution in [3.8, 4) is 0 Å². The molecule has 21 heavy (non-hydrogen) atoms. The molecule has 3 atom stereocenters. The summed E-state index contributed by atoms with van der Waals surface area (Å²) in [6, 6.07) is -1.42. The van der Waals surface area contributed by atoms with E-state index in [1.807, 2.05) is 0 Å². The van der Waals surface area contributed by atoms with Crippen molar-refractivity contribution in [3.63, 3.8) is 0 Å². The highest BCUT2D eigenvalue weighted by Crippen LogP contribution is 2.19. The molecule has 1 aromatic heterocycles. The minimum Gasteiger partial charge on any atom is -0.480 e. The fourth-order valence-corrected chi connectivity index (χ4v) is 2.42. The molecule has 4 N–H and O–H groups in total. The van der Waals surface area contributed by atoms with E-state index < -0.39 is 24.1 Å². The summed E-state index contributed by atoms with van der Waals surface area (Å²) in [6.45, 7) is 2.67. The van der Waals surface area contributed by atoms with Gasteiger partial charge in [-0.05, 0) is 13.3 Å². The molecule has 2 rings (SSSR count). The van der Waals surface area contributed by atoms with Crippen LogP contribution in [0.4, 0.5) is 4.79 Å². The number of aliphatic hydroxyl groups is 1. The Morgan fingerprint density at radius 1 is 1.62 bits per heavy atom. The van der Waals surface area contributed by atoms with Crippen LogP contribution in [0.5, 0.6) is 0 Å². The number of imidazole rings is 1. The van der Waals surface area contributed by atoms with Crippen LogP contribution in [0.1, 0.15) is 19.0 Å². The van der Waals surface area contributed by atoms with Crippen molar-refractivity contribution in [2.24, 2.45) is 5.92 Å². The number of aliphatic carboxylic acids is 1. The Balaban J connectivity index is 1.91. The second kappa shape index (κ2) is 6.57. The zero-order valence-electron chi connectivity index (χ0n) is 11.8. The molecule has 2 heterocycles. The van der Waals surface area contributed by atoms with Gasteiger partial charge in [0.15, 0.2) is 0 Å². The van der Waals surface area contributed by atoms with Gasteiger partial charge in [0, 0.05) is 37.3 Å². The number of aliphatic hydroxyl groups excluding tert-OH is 1. The smallest absolute Gasteiger partial charge is 0.326 e. The Kier molecular flexibility index (Phi) is 4.79. The molecule has 116 valence electrons. The number of carbonyl (C=O) groups excluding carboxylic acids is 1. The van der Waals surface area contributed by atoms with Crippen molar-refractivity contribution in [1.82, 2.24) is 20.2 Å². The zero-order chi connectivity index (χ0) is 15.4. The van der Waals surface area contributed by atoms with E-state index in [0.29, 0.717) is 18.8 Å². The number of urea groups is 1. The molecule has 8 nitrogen and oxygen atoms in total. The van der Waals surface area contributed by atoms with E-state index >= 15 is 0 Å². The molecule has 2 unspecified atom stereocenters. The summed E-state index contributed by atoms with van der Waals surface area (Å²) >= 11 is 0. The average Bonchev–Trinajstić information content (AvgIpc) is 3.08. The quantitative estimate of drug-likeness (QED) is 0.601. The number of hydrogen-bond acceptors (Lipinski definition) is 4. The standard InChI is InChI=1S/C13H20N4O4/c1-8(18)9-2-3-17(6-9)13(21)16-11(12(19)20)4-10-5-14-7-15-10/h5,7-9,11,18H,2-4,6H2,1H3,(H,14,15)(H,16,21)(H,19,20)/t8?,9?,11-/m0/s1. The van der Waals surface area contributed by atoms with E-state index in [2.05, 4.69) is 15.3 Å². The highest BCUT2D eigenvalue weighted by atomic mass is 16.4. The number of aromatic amines is 1. The first-order chi connectivity index (χ1) is 9.97. The van der Waals surface area contributed by atoms with E-state index in [4.69, 9.17) is 0 Å². The van der Waals surface area contributed by atoms with Gasteiger partial charge in [-0.1, -0.05) is 0 Å². The number of nitrogens with one attached hydrogen (secondary N) is 2. The van der Waals surface area contributed by atoms with Crippen molar-refractivity contribution in [2.45, 2.75) is 31.9 Å². The lowest BCUT2D eigenvalue weighted by molar-refractivity contribution is -0.139. The van der Waals surface area contributed by atoms with E-state index in [1.54, 1.807) is 11.8 Å². The predicted octanol–water partition coefficient (Wildman–Crippen LogP) is -0.182. The van der Waals surface area contributed by atoms with Crippen molar-refractivity contribution in [1.29, 1.82) is 0 Å². The first-order valence-electron chi connectivity index (χ1n) is 6.91. The van der Waals surface area contributed by atoms with Crippen LogP contribution in [0.2, 0.25) is 0 Å². The Morgan fingerprint density at radius 2 is 2.38 bits per heavy atom. The fourth-order valence-electron chi connectivity index (χ4n) is 2.42. The van der Waals surface area contributed by atoms with E-state index in [-0.39, 0.29) is 12.3 Å². The molecule has 1 aliphatic rings. The van der Waals surface area contributed by atoms with Gasteiger partial charge >= 0.3 is 12.0 Å². The minimum atomic E-state index is -1.09. The lowest BCUT2D eigenvalue weighted by Crippen LogP contribution is -2.48. The van der Waals surface area contributed by atoms with E-state index in [0.717, 1.165) is 6.42 Å². The SMILES string of the molecule is CC(O)C1CCN(C(=O)N[C@@H](Cc2cnc[nH]2)C(=O)O)C1. The summed E-state index contributed by atoms with van der Waals surface area (Å²) in [5.41, 5.74) is 0.644. The first-order valence-corrected chi connectivity index (χ1v) is 6.91. The molecule has 8 heteroatoms. The summed E-state index contributed by atoms with van der Waals surface area (Å²) in [4.78, 5) is 31.5. The molecule has 0 aliphatic carbocycles. The summed E-state index contributed by atoms with van der Waals surface area (Å²) in [7, 11) is 0.